The summed E-state index contributed by atoms with van der Waals surface area (Å²) in [6, 6.07) is 24.6. The predicted molar refractivity (Wildman–Crippen MR) is 164 cm³/mol. The lowest BCUT2D eigenvalue weighted by Gasteiger charge is -2.49. The van der Waals surface area contributed by atoms with Crippen LogP contribution in [0.3, 0.4) is 0 Å². The van der Waals surface area contributed by atoms with Gasteiger partial charge in [0.25, 0.3) is 0 Å². The van der Waals surface area contributed by atoms with Gasteiger partial charge in [-0.2, -0.15) is 13.2 Å². The molecule has 2 heterocycles. The molecule has 44 heavy (non-hydrogen) atoms. The summed E-state index contributed by atoms with van der Waals surface area (Å²) in [6.07, 6.45) is -9.77. The zero-order valence-electron chi connectivity index (χ0n) is 24.8. The Bertz CT molecular complexity index is 1380. The number of aliphatic hydroxyl groups is 1. The van der Waals surface area contributed by atoms with Crippen LogP contribution in [0.15, 0.2) is 89.9 Å². The molecule has 7 nitrogen and oxygen atoms in total. The Balaban J connectivity index is 1.51. The SMILES string of the molecule is COc1ccc(CC[C@](O)([C@H]2O[C@@H]3SC(N(C)C)=N[C@@H]3[C@@H](OCc3ccccc3)[C@@H]2OCc2ccccc2)C(F)(F)F)cc1. The largest absolute Gasteiger partial charge is 0.497 e. The lowest BCUT2D eigenvalue weighted by molar-refractivity contribution is -0.333. The molecule has 3 aromatic carbocycles. The third-order valence-electron chi connectivity index (χ3n) is 7.87. The van der Waals surface area contributed by atoms with Gasteiger partial charge in [-0.25, -0.2) is 0 Å². The molecule has 0 amide bonds. The van der Waals surface area contributed by atoms with Crippen LogP contribution >= 0.6 is 11.8 Å². The molecule has 1 fully saturated rings. The van der Waals surface area contributed by atoms with Crippen LogP contribution in [0.1, 0.15) is 23.1 Å². The molecule has 11 heteroatoms. The van der Waals surface area contributed by atoms with Gasteiger partial charge >= 0.3 is 6.18 Å². The molecule has 0 bridgehead atoms. The standard InChI is InChI=1S/C33H37F3N2O5S/c1-38(2)31-37-26-27(41-20-23-10-6-4-7-11-23)28(42-21-24-12-8-5-9-13-24)29(43-30(26)44-31)32(39,33(34,35)36)19-18-22-14-16-25(40-3)17-15-22/h4-17,26-30,39H,18-21H2,1-3H3/t26-,27-,28+,29+,30-,32+/m1/s1. The number of methoxy groups -OCH3 is 1. The lowest BCUT2D eigenvalue weighted by atomic mass is 9.81. The third-order valence-corrected chi connectivity index (χ3v) is 9.17. The molecule has 0 spiro atoms. The second-order valence-corrected chi connectivity index (χ2v) is 12.2. The molecule has 6 atom stereocenters. The number of thioether (sulfide) groups is 1. The van der Waals surface area contributed by atoms with E-state index in [1.54, 1.807) is 29.2 Å². The van der Waals surface area contributed by atoms with Crippen molar-refractivity contribution in [3.05, 3.63) is 102 Å². The maximum atomic E-state index is 15.1. The summed E-state index contributed by atoms with van der Waals surface area (Å²) < 4.78 is 69.3. The maximum Gasteiger partial charge on any atom is 0.419 e. The van der Waals surface area contributed by atoms with E-state index in [4.69, 9.17) is 23.9 Å². The number of aryl methyl sites for hydroxylation is 1. The Hall–Kier alpha value is -3.09. The van der Waals surface area contributed by atoms with E-state index in [2.05, 4.69) is 0 Å². The lowest BCUT2D eigenvalue weighted by Crippen LogP contribution is -2.68. The Labute approximate surface area is 260 Å². The van der Waals surface area contributed by atoms with Crippen LogP contribution in [0.4, 0.5) is 13.2 Å². The summed E-state index contributed by atoms with van der Waals surface area (Å²) in [7, 11) is 5.14. The molecule has 0 radical (unpaired) electrons. The van der Waals surface area contributed by atoms with E-state index < -0.39 is 48.0 Å². The van der Waals surface area contributed by atoms with Gasteiger partial charge in [0, 0.05) is 14.1 Å². The van der Waals surface area contributed by atoms with E-state index in [0.29, 0.717) is 16.5 Å². The van der Waals surface area contributed by atoms with Crippen molar-refractivity contribution in [3.63, 3.8) is 0 Å². The zero-order chi connectivity index (χ0) is 31.3. The monoisotopic (exact) mass is 630 g/mol. The number of benzene rings is 3. The fourth-order valence-corrected chi connectivity index (χ4v) is 6.54. The highest BCUT2D eigenvalue weighted by Crippen LogP contribution is 2.47. The molecule has 2 aliphatic rings. The maximum absolute atomic E-state index is 15.1. The molecule has 236 valence electrons. The minimum Gasteiger partial charge on any atom is -0.497 e. The van der Waals surface area contributed by atoms with E-state index >= 15 is 13.2 Å². The highest BCUT2D eigenvalue weighted by atomic mass is 32.2. The fourth-order valence-electron chi connectivity index (χ4n) is 5.40. The molecule has 1 N–H and O–H groups in total. The van der Waals surface area contributed by atoms with Crippen molar-refractivity contribution in [1.82, 2.24) is 4.90 Å². The Morgan fingerprint density at radius 2 is 1.41 bits per heavy atom. The number of halogens is 3. The topological polar surface area (TPSA) is 72.8 Å². The number of hydrogen-bond acceptors (Lipinski definition) is 8. The second kappa shape index (κ2) is 13.9. The Morgan fingerprint density at radius 1 is 0.841 bits per heavy atom. The highest BCUT2D eigenvalue weighted by Gasteiger charge is 2.66. The van der Waals surface area contributed by atoms with Crippen LogP contribution in [0.2, 0.25) is 0 Å². The molecule has 5 rings (SSSR count). The van der Waals surface area contributed by atoms with Gasteiger partial charge in [0.05, 0.1) is 20.3 Å². The van der Waals surface area contributed by atoms with Gasteiger partial charge in [-0.3, -0.25) is 4.99 Å². The van der Waals surface area contributed by atoms with Crippen LogP contribution in [0.5, 0.6) is 5.75 Å². The molecular formula is C33H37F3N2O5S. The average molecular weight is 631 g/mol. The van der Waals surface area contributed by atoms with E-state index in [-0.39, 0.29) is 19.6 Å². The molecule has 0 aromatic heterocycles. The van der Waals surface area contributed by atoms with Gasteiger partial charge in [-0.1, -0.05) is 84.6 Å². The average Bonchev–Trinajstić information content (AvgIpc) is 3.47. The van der Waals surface area contributed by atoms with Gasteiger partial charge < -0.3 is 29.0 Å². The quantitative estimate of drug-likeness (QED) is 0.285. The van der Waals surface area contributed by atoms with Crippen molar-refractivity contribution in [2.75, 3.05) is 21.2 Å². The summed E-state index contributed by atoms with van der Waals surface area (Å²) in [5.41, 5.74) is -1.84. The number of aliphatic imine (C=N–C) groups is 1. The van der Waals surface area contributed by atoms with Gasteiger partial charge in [0.15, 0.2) is 10.8 Å². The Kier molecular flexibility index (Phi) is 10.2. The minimum atomic E-state index is -5.04. The van der Waals surface area contributed by atoms with Gasteiger partial charge in [-0.05, 0) is 41.7 Å². The summed E-state index contributed by atoms with van der Waals surface area (Å²) in [4.78, 5) is 6.58. The smallest absolute Gasteiger partial charge is 0.419 e. The molecule has 1 saturated heterocycles. The fraction of sp³-hybridized carbons (Fsp3) is 0.424. The first-order chi connectivity index (χ1) is 21.1. The van der Waals surface area contributed by atoms with Crippen LogP contribution in [0.25, 0.3) is 0 Å². The molecule has 0 unspecified atom stereocenters. The predicted octanol–water partition coefficient (Wildman–Crippen LogP) is 5.85. The molecule has 0 saturated carbocycles. The van der Waals surface area contributed by atoms with Crippen molar-refractivity contribution in [3.8, 4) is 5.75 Å². The van der Waals surface area contributed by atoms with Crippen molar-refractivity contribution in [2.45, 2.75) is 67.6 Å². The van der Waals surface area contributed by atoms with E-state index in [1.807, 2.05) is 74.8 Å². The van der Waals surface area contributed by atoms with Crippen LogP contribution in [0, 0.1) is 0 Å². The normalized spacial score (nSPS) is 24.7. The second-order valence-electron chi connectivity index (χ2n) is 11.1. The van der Waals surface area contributed by atoms with E-state index in [0.717, 1.165) is 11.1 Å². The zero-order valence-corrected chi connectivity index (χ0v) is 25.6. The highest BCUT2D eigenvalue weighted by molar-refractivity contribution is 8.14. The minimum absolute atomic E-state index is 0.00222. The van der Waals surface area contributed by atoms with Gasteiger partial charge in [0.2, 0.25) is 0 Å². The van der Waals surface area contributed by atoms with Crippen LogP contribution in [-0.2, 0) is 33.8 Å². The van der Waals surface area contributed by atoms with E-state index in [9.17, 15) is 5.11 Å². The molecule has 2 aliphatic heterocycles. The van der Waals surface area contributed by atoms with Crippen LogP contribution < -0.4 is 4.74 Å². The number of amidine groups is 1. The number of hydrogen-bond donors (Lipinski definition) is 1. The molecule has 3 aromatic rings. The summed E-state index contributed by atoms with van der Waals surface area (Å²) >= 11 is 1.22. The van der Waals surface area contributed by atoms with Gasteiger partial charge in [-0.15, -0.1) is 0 Å². The number of rotatable bonds is 11. The summed E-state index contributed by atoms with van der Waals surface area (Å²) in [5.74, 6) is 0.587. The van der Waals surface area contributed by atoms with Crippen molar-refractivity contribution >= 4 is 16.9 Å². The van der Waals surface area contributed by atoms with Crippen molar-refractivity contribution in [2.24, 2.45) is 4.99 Å². The first kappa shape index (κ1) is 32.3. The molecular weight excluding hydrogens is 593 g/mol. The first-order valence-electron chi connectivity index (χ1n) is 14.4. The molecule has 0 aliphatic carbocycles. The first-order valence-corrected chi connectivity index (χ1v) is 15.3. The summed E-state index contributed by atoms with van der Waals surface area (Å²) in [6.45, 7) is 0.123. The number of alkyl halides is 3. The van der Waals surface area contributed by atoms with Crippen molar-refractivity contribution < 1.29 is 37.2 Å². The summed E-state index contributed by atoms with van der Waals surface area (Å²) in [5, 5.41) is 12.3. The van der Waals surface area contributed by atoms with Crippen molar-refractivity contribution in [1.29, 1.82) is 0 Å². The number of ether oxygens (including phenoxy) is 4. The third kappa shape index (κ3) is 7.24. The number of fused-ring (bicyclic) bond motifs is 1. The Morgan fingerprint density at radius 3 is 1.93 bits per heavy atom. The van der Waals surface area contributed by atoms with Crippen LogP contribution in [-0.4, -0.2) is 77.9 Å². The van der Waals surface area contributed by atoms with E-state index in [1.165, 1.54) is 18.9 Å². The van der Waals surface area contributed by atoms with Gasteiger partial charge in [0.1, 0.15) is 35.5 Å². The number of nitrogens with zero attached hydrogens (tertiary/aromatic N) is 2.